The van der Waals surface area contributed by atoms with E-state index in [2.05, 4.69) is 56.6 Å². The van der Waals surface area contributed by atoms with E-state index in [1.165, 1.54) is 4.90 Å². The molecule has 6 heteroatoms. The van der Waals surface area contributed by atoms with E-state index in [1.54, 1.807) is 30.0 Å². The van der Waals surface area contributed by atoms with Crippen molar-refractivity contribution in [2.24, 2.45) is 0 Å². The Morgan fingerprint density at radius 2 is 2.11 bits per heavy atom. The summed E-state index contributed by atoms with van der Waals surface area (Å²) < 4.78 is 1.12. The molecule has 0 bridgehead atoms. The predicted octanol–water partition coefficient (Wildman–Crippen LogP) is 6.69. The average molecular weight is 471 g/mol. The highest BCUT2D eigenvalue weighted by Gasteiger charge is 2.17. The van der Waals surface area contributed by atoms with Crippen LogP contribution in [0.25, 0.3) is 11.1 Å². The molecule has 2 aromatic heterocycles. The van der Waals surface area contributed by atoms with Crippen molar-refractivity contribution in [3.63, 3.8) is 0 Å². The summed E-state index contributed by atoms with van der Waals surface area (Å²) in [4.78, 5) is 21.3. The minimum absolute atomic E-state index is 0.0749. The summed E-state index contributed by atoms with van der Waals surface area (Å²) in [6.45, 7) is 3.41. The number of halogens is 1. The standard InChI is InChI=1S/C22H19BrN2OS2/c1-15(26)16-6-5-7-17(10-16)20-11-18(28-19-12-21(23)27-14-19)13-24-22(20)25-8-3-2-4-9-25/h2-3,5-7,10-14H,4,8-9H2,1H3. The summed E-state index contributed by atoms with van der Waals surface area (Å²) in [5, 5.41) is 2.13. The van der Waals surface area contributed by atoms with Gasteiger partial charge in [-0.3, -0.25) is 4.79 Å². The highest BCUT2D eigenvalue weighted by Crippen LogP contribution is 2.38. The van der Waals surface area contributed by atoms with Crippen LogP contribution in [0.3, 0.4) is 0 Å². The third-order valence-electron chi connectivity index (χ3n) is 4.56. The molecule has 4 rings (SSSR count). The zero-order chi connectivity index (χ0) is 19.5. The molecule has 1 aromatic carbocycles. The first kappa shape index (κ1) is 19.4. The van der Waals surface area contributed by atoms with Crippen LogP contribution >= 0.6 is 39.0 Å². The van der Waals surface area contributed by atoms with Gasteiger partial charge in [0.25, 0.3) is 0 Å². The Morgan fingerprint density at radius 1 is 1.21 bits per heavy atom. The van der Waals surface area contributed by atoms with Crippen molar-refractivity contribution in [1.29, 1.82) is 0 Å². The topological polar surface area (TPSA) is 33.2 Å². The van der Waals surface area contributed by atoms with Gasteiger partial charge >= 0.3 is 0 Å². The highest BCUT2D eigenvalue weighted by atomic mass is 79.9. The van der Waals surface area contributed by atoms with Gasteiger partial charge in [0.2, 0.25) is 0 Å². The number of Topliss-reactive ketones (excluding diaryl/α,β-unsaturated/α-hetero) is 1. The molecule has 0 unspecified atom stereocenters. The second kappa shape index (κ2) is 8.64. The quantitative estimate of drug-likeness (QED) is 0.307. The number of thiophene rings is 1. The van der Waals surface area contributed by atoms with Gasteiger partial charge in [-0.15, -0.1) is 11.3 Å². The molecule has 1 aliphatic heterocycles. The number of ketones is 1. The molecule has 0 radical (unpaired) electrons. The molecule has 3 nitrogen and oxygen atoms in total. The summed E-state index contributed by atoms with van der Waals surface area (Å²) in [6.07, 6.45) is 7.37. The summed E-state index contributed by atoms with van der Waals surface area (Å²) in [7, 11) is 0. The Kier molecular flexibility index (Phi) is 5.99. The lowest BCUT2D eigenvalue weighted by Gasteiger charge is -2.27. The third kappa shape index (κ3) is 4.40. The second-order valence-electron chi connectivity index (χ2n) is 6.57. The van der Waals surface area contributed by atoms with Gasteiger partial charge in [-0.1, -0.05) is 42.1 Å². The number of anilines is 1. The van der Waals surface area contributed by atoms with Crippen LogP contribution in [0.2, 0.25) is 0 Å². The van der Waals surface area contributed by atoms with E-state index in [9.17, 15) is 4.79 Å². The van der Waals surface area contributed by atoms with Crippen molar-refractivity contribution in [3.8, 4) is 11.1 Å². The van der Waals surface area contributed by atoms with Crippen LogP contribution in [0.1, 0.15) is 23.7 Å². The minimum Gasteiger partial charge on any atom is -0.352 e. The zero-order valence-corrected chi connectivity index (χ0v) is 18.6. The maximum absolute atomic E-state index is 11.9. The Morgan fingerprint density at radius 3 is 2.82 bits per heavy atom. The number of aromatic nitrogens is 1. The van der Waals surface area contributed by atoms with Gasteiger partial charge in [0, 0.05) is 45.6 Å². The van der Waals surface area contributed by atoms with Gasteiger partial charge in [-0.25, -0.2) is 4.98 Å². The minimum atomic E-state index is 0.0749. The van der Waals surface area contributed by atoms with Crippen molar-refractivity contribution in [1.82, 2.24) is 4.98 Å². The molecular weight excluding hydrogens is 452 g/mol. The molecule has 1 aliphatic rings. The molecule has 28 heavy (non-hydrogen) atoms. The monoisotopic (exact) mass is 470 g/mol. The van der Waals surface area contributed by atoms with Gasteiger partial charge in [0.05, 0.1) is 3.79 Å². The lowest BCUT2D eigenvalue weighted by Crippen LogP contribution is -2.28. The molecule has 142 valence electrons. The van der Waals surface area contributed by atoms with Gasteiger partial charge in [0.1, 0.15) is 5.82 Å². The lowest BCUT2D eigenvalue weighted by atomic mass is 10.0. The van der Waals surface area contributed by atoms with E-state index >= 15 is 0 Å². The number of carbonyl (C=O) groups is 1. The number of benzene rings is 1. The van der Waals surface area contributed by atoms with Crippen LogP contribution in [0.4, 0.5) is 5.82 Å². The zero-order valence-electron chi connectivity index (χ0n) is 15.4. The van der Waals surface area contributed by atoms with Crippen molar-refractivity contribution in [3.05, 3.63) is 69.5 Å². The molecule has 0 fully saturated rings. The van der Waals surface area contributed by atoms with Crippen molar-refractivity contribution in [2.75, 3.05) is 18.0 Å². The van der Waals surface area contributed by atoms with Crippen LogP contribution in [-0.4, -0.2) is 23.9 Å². The predicted molar refractivity (Wildman–Crippen MR) is 122 cm³/mol. The molecule has 0 atom stereocenters. The van der Waals surface area contributed by atoms with Crippen LogP contribution in [0, 0.1) is 0 Å². The first-order chi connectivity index (χ1) is 13.6. The van der Waals surface area contributed by atoms with Crippen LogP contribution in [0.5, 0.6) is 0 Å². The summed E-state index contributed by atoms with van der Waals surface area (Å²) >= 11 is 6.91. The van der Waals surface area contributed by atoms with Crippen molar-refractivity contribution >= 4 is 50.6 Å². The lowest BCUT2D eigenvalue weighted by molar-refractivity contribution is 0.101. The fourth-order valence-corrected chi connectivity index (χ4v) is 5.49. The Balaban J connectivity index is 1.77. The molecule has 0 saturated heterocycles. The van der Waals surface area contributed by atoms with Crippen LogP contribution in [0.15, 0.2) is 73.7 Å². The molecule has 0 saturated carbocycles. The number of hydrogen-bond acceptors (Lipinski definition) is 5. The van der Waals surface area contributed by atoms with Gasteiger partial charge in [-0.05, 0) is 53.0 Å². The van der Waals surface area contributed by atoms with E-state index in [1.807, 2.05) is 24.4 Å². The number of pyridine rings is 1. The highest BCUT2D eigenvalue weighted by molar-refractivity contribution is 9.11. The summed E-state index contributed by atoms with van der Waals surface area (Å²) in [6, 6.07) is 12.2. The summed E-state index contributed by atoms with van der Waals surface area (Å²) in [5.41, 5.74) is 2.82. The largest absolute Gasteiger partial charge is 0.352 e. The second-order valence-corrected chi connectivity index (χ2v) is 10.0. The Hall–Kier alpha value is -1.89. The normalized spacial score (nSPS) is 13.7. The smallest absolute Gasteiger partial charge is 0.159 e. The first-order valence-electron chi connectivity index (χ1n) is 9.03. The maximum Gasteiger partial charge on any atom is 0.159 e. The van der Waals surface area contributed by atoms with Crippen LogP contribution in [-0.2, 0) is 0 Å². The molecule has 0 amide bonds. The van der Waals surface area contributed by atoms with E-state index in [-0.39, 0.29) is 5.78 Å². The van der Waals surface area contributed by atoms with Gasteiger partial charge in [-0.2, -0.15) is 0 Å². The van der Waals surface area contributed by atoms with E-state index in [4.69, 9.17) is 4.98 Å². The fourth-order valence-electron chi connectivity index (χ4n) is 3.18. The van der Waals surface area contributed by atoms with Crippen molar-refractivity contribution < 1.29 is 4.79 Å². The fraction of sp³-hybridized carbons (Fsp3) is 0.182. The molecule has 0 aliphatic carbocycles. The van der Waals surface area contributed by atoms with Crippen molar-refractivity contribution in [2.45, 2.75) is 23.1 Å². The first-order valence-corrected chi connectivity index (χ1v) is 11.5. The van der Waals surface area contributed by atoms with E-state index < -0.39 is 0 Å². The van der Waals surface area contributed by atoms with Gasteiger partial charge < -0.3 is 4.90 Å². The van der Waals surface area contributed by atoms with Gasteiger partial charge in [0.15, 0.2) is 5.78 Å². The molecule has 3 aromatic rings. The Bertz CT molecular complexity index is 1040. The number of hydrogen-bond donors (Lipinski definition) is 0. The molecule has 3 heterocycles. The summed E-state index contributed by atoms with van der Waals surface area (Å²) in [5.74, 6) is 1.05. The number of rotatable bonds is 5. The van der Waals surface area contributed by atoms with Crippen LogP contribution < -0.4 is 4.90 Å². The van der Waals surface area contributed by atoms with E-state index in [0.29, 0.717) is 0 Å². The van der Waals surface area contributed by atoms with E-state index in [0.717, 1.165) is 50.7 Å². The average Bonchev–Trinajstić information content (AvgIpc) is 3.13. The SMILES string of the molecule is CC(=O)c1cccc(-c2cc(Sc3csc(Br)c3)cnc2N2CC=CCC2)c1. The Labute approximate surface area is 181 Å². The molecule has 0 spiro atoms. The number of nitrogens with zero attached hydrogens (tertiary/aromatic N) is 2. The third-order valence-corrected chi connectivity index (χ3v) is 7.14. The molecular formula is C22H19BrN2OS2. The number of carbonyl (C=O) groups excluding carboxylic acids is 1. The molecule has 0 N–H and O–H groups in total. The maximum atomic E-state index is 11.9.